The van der Waals surface area contributed by atoms with Crippen molar-refractivity contribution in [1.82, 2.24) is 16.2 Å². The molecule has 24 heavy (non-hydrogen) atoms. The molecule has 4 N–H and O–H groups in total. The van der Waals surface area contributed by atoms with E-state index < -0.39 is 11.9 Å². The largest absolute Gasteiger partial charge is 0.493 e. The minimum atomic E-state index is -1.20. The predicted molar refractivity (Wildman–Crippen MR) is 85.8 cm³/mol. The third-order valence-corrected chi connectivity index (χ3v) is 3.95. The lowest BCUT2D eigenvalue weighted by molar-refractivity contribution is -0.119. The Labute approximate surface area is 143 Å². The molecule has 2 rings (SSSR count). The Hall–Kier alpha value is -2.06. The monoisotopic (exact) mass is 359 g/mol. The van der Waals surface area contributed by atoms with Gasteiger partial charge in [0.1, 0.15) is 11.6 Å². The van der Waals surface area contributed by atoms with Gasteiger partial charge >= 0.3 is 6.09 Å². The number of hydrogen-bond donors (Lipinski definition) is 4. The van der Waals surface area contributed by atoms with E-state index in [0.717, 1.165) is 0 Å². The molecular formula is C15H19ClFN3O4. The van der Waals surface area contributed by atoms with E-state index in [1.807, 2.05) is 5.43 Å². The number of ether oxygens (including phenoxy) is 1. The van der Waals surface area contributed by atoms with E-state index >= 15 is 0 Å². The zero-order chi connectivity index (χ0) is 17.7. The molecule has 0 bridgehead atoms. The lowest BCUT2D eigenvalue weighted by Crippen LogP contribution is -2.37. The van der Waals surface area contributed by atoms with Crippen LogP contribution in [-0.2, 0) is 11.2 Å². The van der Waals surface area contributed by atoms with Gasteiger partial charge in [0.15, 0.2) is 0 Å². The zero-order valence-corrected chi connectivity index (χ0v) is 13.9. The average Bonchev–Trinajstić information content (AvgIpc) is 2.94. The Morgan fingerprint density at radius 2 is 2.33 bits per heavy atom. The molecule has 1 fully saturated rings. The summed E-state index contributed by atoms with van der Waals surface area (Å²) in [6.45, 7) is 2.71. The fraction of sp³-hybridized carbons (Fsp3) is 0.467. The highest BCUT2D eigenvalue weighted by molar-refractivity contribution is 6.31. The van der Waals surface area contributed by atoms with Gasteiger partial charge in [-0.1, -0.05) is 11.6 Å². The van der Waals surface area contributed by atoms with E-state index in [0.29, 0.717) is 36.4 Å². The van der Waals surface area contributed by atoms with E-state index in [9.17, 15) is 14.0 Å². The number of hydrogen-bond acceptors (Lipinski definition) is 4. The minimum Gasteiger partial charge on any atom is -0.493 e. The molecule has 0 radical (unpaired) electrons. The van der Waals surface area contributed by atoms with Crippen molar-refractivity contribution >= 4 is 23.6 Å². The molecule has 1 aliphatic heterocycles. The van der Waals surface area contributed by atoms with Gasteiger partial charge in [0, 0.05) is 31.0 Å². The third kappa shape index (κ3) is 4.27. The summed E-state index contributed by atoms with van der Waals surface area (Å²) in [7, 11) is 0. The molecular weight excluding hydrogens is 341 g/mol. The Balaban J connectivity index is 2.30. The number of hydrazine groups is 1. The number of carbonyl (C=O) groups is 2. The second-order valence-electron chi connectivity index (χ2n) is 5.32. The summed E-state index contributed by atoms with van der Waals surface area (Å²) in [6, 6.07) is 1.47. The summed E-state index contributed by atoms with van der Waals surface area (Å²) in [5, 5.41) is 11.2. The molecule has 1 aromatic rings. The molecule has 7 nitrogen and oxygen atoms in total. The van der Waals surface area contributed by atoms with Crippen LogP contribution in [0.25, 0.3) is 0 Å². The van der Waals surface area contributed by atoms with Crippen LogP contribution >= 0.6 is 11.6 Å². The van der Waals surface area contributed by atoms with Gasteiger partial charge in [0.2, 0.25) is 5.91 Å². The lowest BCUT2D eigenvalue weighted by Gasteiger charge is -2.20. The van der Waals surface area contributed by atoms with Gasteiger partial charge in [0.05, 0.1) is 11.6 Å². The van der Waals surface area contributed by atoms with E-state index in [-0.39, 0.29) is 29.8 Å². The Bertz CT molecular complexity index is 642. The first-order valence-electron chi connectivity index (χ1n) is 7.56. The number of halogens is 2. The second kappa shape index (κ2) is 8.16. The summed E-state index contributed by atoms with van der Waals surface area (Å²) >= 11 is 6.00. The van der Waals surface area contributed by atoms with Crippen LogP contribution < -0.4 is 20.9 Å². The molecule has 0 spiro atoms. The summed E-state index contributed by atoms with van der Waals surface area (Å²) in [6.07, 6.45) is -0.653. The highest BCUT2D eigenvalue weighted by atomic mass is 35.5. The molecule has 9 heteroatoms. The van der Waals surface area contributed by atoms with E-state index in [1.165, 1.54) is 6.07 Å². The lowest BCUT2D eigenvalue weighted by atomic mass is 9.93. The molecule has 0 unspecified atom stereocenters. The van der Waals surface area contributed by atoms with Crippen LogP contribution in [0.3, 0.4) is 0 Å². The maximum absolute atomic E-state index is 14.6. The molecule has 2 amide bonds. The van der Waals surface area contributed by atoms with Crippen molar-refractivity contribution in [1.29, 1.82) is 0 Å². The number of nitrogens with one attached hydrogen (secondary N) is 3. The normalized spacial score (nSPS) is 16.8. The van der Waals surface area contributed by atoms with E-state index in [2.05, 4.69) is 10.7 Å². The smallest absolute Gasteiger partial charge is 0.419 e. The van der Waals surface area contributed by atoms with Crippen LogP contribution in [-0.4, -0.2) is 36.8 Å². The summed E-state index contributed by atoms with van der Waals surface area (Å²) in [4.78, 5) is 21.9. The molecule has 132 valence electrons. The van der Waals surface area contributed by atoms with Crippen molar-refractivity contribution in [3.05, 3.63) is 28.0 Å². The molecule has 1 aliphatic rings. The highest BCUT2D eigenvalue weighted by Gasteiger charge is 2.31. The van der Waals surface area contributed by atoms with Gasteiger partial charge in [-0.3, -0.25) is 10.2 Å². The summed E-state index contributed by atoms with van der Waals surface area (Å²) in [5.74, 6) is -0.697. The van der Waals surface area contributed by atoms with Crippen LogP contribution in [0.5, 0.6) is 5.75 Å². The van der Waals surface area contributed by atoms with Crippen LogP contribution in [0.4, 0.5) is 9.18 Å². The van der Waals surface area contributed by atoms with Crippen molar-refractivity contribution in [2.45, 2.75) is 25.7 Å². The zero-order valence-electron chi connectivity index (χ0n) is 13.1. The van der Waals surface area contributed by atoms with Crippen LogP contribution in [0.15, 0.2) is 6.07 Å². The first-order chi connectivity index (χ1) is 11.4. The van der Waals surface area contributed by atoms with Crippen LogP contribution in [0.2, 0.25) is 5.02 Å². The number of carbonyl (C=O) groups excluding carboxylic acids is 1. The SMILES string of the molecule is CCOc1c(CCNNC(=O)O)cc(Cl)c(F)c1[C@@H]1CNC(=O)C1. The van der Waals surface area contributed by atoms with Crippen LogP contribution in [0, 0.1) is 5.82 Å². The van der Waals surface area contributed by atoms with Gasteiger partial charge in [-0.2, -0.15) is 0 Å². The van der Waals surface area contributed by atoms with Crippen LogP contribution in [0.1, 0.15) is 30.4 Å². The predicted octanol–water partition coefficient (Wildman–Crippen LogP) is 1.80. The van der Waals surface area contributed by atoms with Crippen molar-refractivity contribution in [2.75, 3.05) is 19.7 Å². The van der Waals surface area contributed by atoms with Gasteiger partial charge in [-0.15, -0.1) is 0 Å². The van der Waals surface area contributed by atoms with Gasteiger partial charge in [-0.05, 0) is 25.0 Å². The van der Waals surface area contributed by atoms with Crippen molar-refractivity contribution in [3.8, 4) is 5.75 Å². The maximum Gasteiger partial charge on any atom is 0.419 e. The highest BCUT2D eigenvalue weighted by Crippen LogP contribution is 2.39. The topological polar surface area (TPSA) is 99.7 Å². The Morgan fingerprint density at radius 3 is 2.92 bits per heavy atom. The molecule has 1 saturated heterocycles. The van der Waals surface area contributed by atoms with E-state index in [4.69, 9.17) is 21.4 Å². The quantitative estimate of drug-likeness (QED) is 0.439. The molecule has 0 aliphatic carbocycles. The first kappa shape index (κ1) is 18.3. The van der Waals surface area contributed by atoms with Gasteiger partial charge in [-0.25, -0.2) is 14.6 Å². The Kier molecular flexibility index (Phi) is 6.22. The molecule has 1 aromatic carbocycles. The summed E-state index contributed by atoms with van der Waals surface area (Å²) < 4.78 is 20.2. The van der Waals surface area contributed by atoms with Crippen molar-refractivity contribution < 1.29 is 23.8 Å². The fourth-order valence-corrected chi connectivity index (χ4v) is 2.93. The van der Waals surface area contributed by atoms with Crippen molar-refractivity contribution in [3.63, 3.8) is 0 Å². The fourth-order valence-electron chi connectivity index (χ4n) is 2.69. The molecule has 1 atom stereocenters. The minimum absolute atomic E-state index is 0.0472. The third-order valence-electron chi connectivity index (χ3n) is 3.67. The Morgan fingerprint density at radius 1 is 1.58 bits per heavy atom. The standard InChI is InChI=1S/C15H19ClFN3O4/c1-2-24-14-8(3-4-19-20-15(22)23)5-10(16)13(17)12(14)9-6-11(21)18-7-9/h5,9,19-20H,2-4,6-7H2,1H3,(H,18,21)(H,22,23)/t9-/m0/s1. The maximum atomic E-state index is 14.6. The average molecular weight is 360 g/mol. The number of benzene rings is 1. The number of rotatable bonds is 7. The molecule has 1 heterocycles. The number of amides is 2. The second-order valence-corrected chi connectivity index (χ2v) is 5.73. The summed E-state index contributed by atoms with van der Waals surface area (Å²) in [5.41, 5.74) is 5.50. The molecule has 0 aromatic heterocycles. The van der Waals surface area contributed by atoms with Crippen molar-refractivity contribution in [2.24, 2.45) is 0 Å². The van der Waals surface area contributed by atoms with E-state index in [1.54, 1.807) is 6.92 Å². The number of carboxylic acid groups (broad SMARTS) is 1. The first-order valence-corrected chi connectivity index (χ1v) is 7.93. The van der Waals surface area contributed by atoms with Gasteiger partial charge < -0.3 is 15.2 Å². The van der Waals surface area contributed by atoms with Gasteiger partial charge in [0.25, 0.3) is 0 Å². The molecule has 0 saturated carbocycles.